The third kappa shape index (κ3) is 4.39. The van der Waals surface area contributed by atoms with E-state index < -0.39 is 17.7 Å². The van der Waals surface area contributed by atoms with E-state index >= 15 is 0 Å². The molecule has 2 aromatic rings. The number of ketones is 1. The van der Waals surface area contributed by atoms with Crippen LogP contribution in [0, 0.1) is 13.8 Å². The number of Topliss-reactive ketones (excluding diaryl/α,β-unsaturated/α-hetero) is 1. The molecule has 0 spiro atoms. The highest BCUT2D eigenvalue weighted by Gasteiger charge is 2.46. The van der Waals surface area contributed by atoms with Crippen molar-refractivity contribution in [1.82, 2.24) is 14.8 Å². The van der Waals surface area contributed by atoms with Crippen molar-refractivity contribution in [3.63, 3.8) is 0 Å². The number of hydrogen-bond acceptors (Lipinski definition) is 6. The lowest BCUT2D eigenvalue weighted by atomic mass is 9.95. The van der Waals surface area contributed by atoms with Crippen molar-refractivity contribution in [2.24, 2.45) is 0 Å². The van der Waals surface area contributed by atoms with Crippen molar-refractivity contribution in [2.75, 3.05) is 33.3 Å². The molecule has 1 N–H and O–H groups in total. The van der Waals surface area contributed by atoms with Crippen LogP contribution in [0.4, 0.5) is 0 Å². The van der Waals surface area contributed by atoms with Gasteiger partial charge in [-0.15, -0.1) is 0 Å². The van der Waals surface area contributed by atoms with Crippen molar-refractivity contribution in [2.45, 2.75) is 33.7 Å². The SMILES string of the molecule is CCN(CC)CCN1C(=O)C(=O)/C(=C(/O)c2cc(C)cc(C)c2OC)C1c1ccccn1. The number of ether oxygens (including phenoxy) is 1. The number of nitrogens with zero attached hydrogens (tertiary/aromatic N) is 3. The maximum atomic E-state index is 13.2. The molecule has 1 aliphatic heterocycles. The second-order valence-corrected chi connectivity index (χ2v) is 7.94. The first-order valence-electron chi connectivity index (χ1n) is 10.9. The first-order valence-corrected chi connectivity index (χ1v) is 10.9. The molecule has 2 heterocycles. The Hall–Kier alpha value is -3.19. The summed E-state index contributed by atoms with van der Waals surface area (Å²) in [5.74, 6) is -1.10. The molecule has 7 heteroatoms. The smallest absolute Gasteiger partial charge is 0.295 e. The Kier molecular flexibility index (Phi) is 7.30. The molecule has 0 aliphatic carbocycles. The van der Waals surface area contributed by atoms with E-state index in [1.54, 1.807) is 24.4 Å². The number of aromatic nitrogens is 1. The lowest BCUT2D eigenvalue weighted by molar-refractivity contribution is -0.140. The Bertz CT molecular complexity index is 1030. The fraction of sp³-hybridized carbons (Fsp3) is 0.400. The second kappa shape index (κ2) is 9.96. The van der Waals surface area contributed by atoms with Gasteiger partial charge in [0.1, 0.15) is 17.6 Å². The fourth-order valence-corrected chi connectivity index (χ4v) is 4.29. The number of likely N-dealkylation sites (N-methyl/N-ethyl adjacent to an activating group) is 1. The van der Waals surface area contributed by atoms with E-state index in [0.717, 1.165) is 24.2 Å². The van der Waals surface area contributed by atoms with Crippen LogP contribution in [-0.4, -0.2) is 64.9 Å². The zero-order chi connectivity index (χ0) is 23.4. The maximum absolute atomic E-state index is 13.2. The van der Waals surface area contributed by atoms with Crippen molar-refractivity contribution < 1.29 is 19.4 Å². The third-order valence-corrected chi connectivity index (χ3v) is 5.94. The average Bonchev–Trinajstić information content (AvgIpc) is 3.04. The summed E-state index contributed by atoms with van der Waals surface area (Å²) in [4.78, 5) is 34.4. The highest BCUT2D eigenvalue weighted by Crippen LogP contribution is 2.41. The van der Waals surface area contributed by atoms with Crippen LogP contribution in [0.3, 0.4) is 0 Å². The number of carbonyl (C=O) groups excluding carboxylic acids is 2. The molecule has 0 saturated carbocycles. The summed E-state index contributed by atoms with van der Waals surface area (Å²) in [6.45, 7) is 10.6. The number of amides is 1. The molecular formula is C25H31N3O4. The third-order valence-electron chi connectivity index (χ3n) is 5.94. The molecule has 0 bridgehead atoms. The molecule has 1 aromatic heterocycles. The minimum absolute atomic E-state index is 0.0385. The van der Waals surface area contributed by atoms with Gasteiger partial charge in [-0.05, 0) is 56.3 Å². The van der Waals surface area contributed by atoms with Crippen LogP contribution in [0.2, 0.25) is 0 Å². The van der Waals surface area contributed by atoms with Crippen LogP contribution >= 0.6 is 0 Å². The quantitative estimate of drug-likeness (QED) is 0.387. The summed E-state index contributed by atoms with van der Waals surface area (Å²) in [6, 6.07) is 8.29. The van der Waals surface area contributed by atoms with E-state index in [9.17, 15) is 14.7 Å². The van der Waals surface area contributed by atoms with Gasteiger partial charge in [0.05, 0.1) is 23.9 Å². The zero-order valence-corrected chi connectivity index (χ0v) is 19.4. The summed E-state index contributed by atoms with van der Waals surface area (Å²) < 4.78 is 5.52. The minimum atomic E-state index is -0.766. The lowest BCUT2D eigenvalue weighted by Crippen LogP contribution is -2.38. The lowest BCUT2D eigenvalue weighted by Gasteiger charge is -2.27. The normalized spacial score (nSPS) is 17.9. The molecule has 1 atom stereocenters. The highest BCUT2D eigenvalue weighted by atomic mass is 16.5. The number of methoxy groups -OCH3 is 1. The van der Waals surface area contributed by atoms with Gasteiger partial charge in [-0.3, -0.25) is 14.6 Å². The van der Waals surface area contributed by atoms with E-state index in [4.69, 9.17) is 4.74 Å². The van der Waals surface area contributed by atoms with Gasteiger partial charge in [-0.2, -0.15) is 0 Å². The number of aliphatic hydroxyl groups is 1. The first kappa shape index (κ1) is 23.5. The molecule has 7 nitrogen and oxygen atoms in total. The van der Waals surface area contributed by atoms with Gasteiger partial charge in [0.15, 0.2) is 0 Å². The fourth-order valence-electron chi connectivity index (χ4n) is 4.29. The standard InChI is InChI=1S/C25H31N3O4/c1-6-27(7-2)12-13-28-21(19-10-8-9-11-26-19)20(23(30)25(28)31)22(29)18-15-16(3)14-17(4)24(18)32-5/h8-11,14-15,21,29H,6-7,12-13H2,1-5H3/b22-20+. The highest BCUT2D eigenvalue weighted by molar-refractivity contribution is 6.46. The molecule has 1 saturated heterocycles. The molecular weight excluding hydrogens is 406 g/mol. The number of aliphatic hydroxyl groups excluding tert-OH is 1. The van der Waals surface area contributed by atoms with Crippen molar-refractivity contribution in [1.29, 1.82) is 0 Å². The molecule has 1 unspecified atom stereocenters. The Balaban J connectivity index is 2.17. The molecule has 1 fully saturated rings. The topological polar surface area (TPSA) is 83.0 Å². The molecule has 32 heavy (non-hydrogen) atoms. The molecule has 1 amide bonds. The molecule has 1 aliphatic rings. The van der Waals surface area contributed by atoms with E-state index in [0.29, 0.717) is 30.1 Å². The summed E-state index contributed by atoms with van der Waals surface area (Å²) in [6.07, 6.45) is 1.62. The average molecular weight is 438 g/mol. The van der Waals surface area contributed by atoms with Gasteiger partial charge < -0.3 is 19.6 Å². The summed E-state index contributed by atoms with van der Waals surface area (Å²) in [5, 5.41) is 11.4. The molecule has 1 aromatic carbocycles. The number of carbonyl (C=O) groups is 2. The van der Waals surface area contributed by atoms with Crippen molar-refractivity contribution >= 4 is 17.4 Å². The summed E-state index contributed by atoms with van der Waals surface area (Å²) in [5.41, 5.74) is 2.72. The van der Waals surface area contributed by atoms with Gasteiger partial charge in [-0.25, -0.2) is 0 Å². The van der Waals surface area contributed by atoms with Crippen molar-refractivity contribution in [3.05, 3.63) is 64.5 Å². The monoisotopic (exact) mass is 437 g/mol. The summed E-state index contributed by atoms with van der Waals surface area (Å²) in [7, 11) is 1.52. The van der Waals surface area contributed by atoms with Crippen LogP contribution < -0.4 is 4.74 Å². The van der Waals surface area contributed by atoms with E-state index in [1.807, 2.05) is 26.0 Å². The van der Waals surface area contributed by atoms with E-state index in [1.165, 1.54) is 12.0 Å². The molecule has 3 rings (SSSR count). The number of rotatable bonds is 8. The van der Waals surface area contributed by atoms with Crippen LogP contribution in [0.5, 0.6) is 5.75 Å². The van der Waals surface area contributed by atoms with Gasteiger partial charge in [0.25, 0.3) is 11.7 Å². The number of aryl methyl sites for hydroxylation is 2. The Morgan fingerprint density at radius 2 is 1.91 bits per heavy atom. The predicted molar refractivity (Wildman–Crippen MR) is 124 cm³/mol. The van der Waals surface area contributed by atoms with Crippen LogP contribution in [0.15, 0.2) is 42.1 Å². The van der Waals surface area contributed by atoms with Crippen LogP contribution in [0.25, 0.3) is 5.76 Å². The number of hydrogen-bond donors (Lipinski definition) is 1. The van der Waals surface area contributed by atoms with Crippen molar-refractivity contribution in [3.8, 4) is 5.75 Å². The second-order valence-electron chi connectivity index (χ2n) is 7.94. The maximum Gasteiger partial charge on any atom is 0.295 e. The number of likely N-dealkylation sites (tertiary alicyclic amines) is 1. The Morgan fingerprint density at radius 1 is 1.19 bits per heavy atom. The molecule has 0 radical (unpaired) electrons. The van der Waals surface area contributed by atoms with Gasteiger partial charge in [0.2, 0.25) is 0 Å². The van der Waals surface area contributed by atoms with Gasteiger partial charge in [-0.1, -0.05) is 26.0 Å². The largest absolute Gasteiger partial charge is 0.507 e. The first-order chi connectivity index (χ1) is 15.3. The Morgan fingerprint density at radius 3 is 2.50 bits per heavy atom. The van der Waals surface area contributed by atoms with Crippen LogP contribution in [-0.2, 0) is 9.59 Å². The van der Waals surface area contributed by atoms with Crippen LogP contribution in [0.1, 0.15) is 42.3 Å². The number of pyridine rings is 1. The summed E-state index contributed by atoms with van der Waals surface area (Å²) >= 11 is 0. The predicted octanol–water partition coefficient (Wildman–Crippen LogP) is 3.47. The minimum Gasteiger partial charge on any atom is -0.507 e. The number of benzene rings is 1. The van der Waals surface area contributed by atoms with E-state index in [2.05, 4.69) is 23.7 Å². The van der Waals surface area contributed by atoms with Gasteiger partial charge in [0, 0.05) is 19.3 Å². The van der Waals surface area contributed by atoms with E-state index in [-0.39, 0.29) is 11.3 Å². The zero-order valence-electron chi connectivity index (χ0n) is 19.4. The molecule has 170 valence electrons. The van der Waals surface area contributed by atoms with Gasteiger partial charge >= 0.3 is 0 Å². The Labute approximate surface area is 189 Å².